The first kappa shape index (κ1) is 12.4. The molecule has 0 saturated heterocycles. The van der Waals surface area contributed by atoms with Crippen molar-refractivity contribution in [1.82, 2.24) is 0 Å². The summed E-state index contributed by atoms with van der Waals surface area (Å²) in [4.78, 5) is 11.6. The summed E-state index contributed by atoms with van der Waals surface area (Å²) in [5.41, 5.74) is 1.91. The van der Waals surface area contributed by atoms with E-state index in [1.54, 1.807) is 7.11 Å². The van der Waals surface area contributed by atoms with Gasteiger partial charge in [0.2, 0.25) is 0 Å². The molecule has 86 valence electrons. The highest BCUT2D eigenvalue weighted by Crippen LogP contribution is 2.38. The lowest BCUT2D eigenvalue weighted by Crippen LogP contribution is -2.38. The maximum atomic E-state index is 11.6. The SMILES string of the molecule is CCCCC1(OC)CCC(=O)C(C)=C1C. The Morgan fingerprint density at radius 3 is 2.60 bits per heavy atom. The minimum Gasteiger partial charge on any atom is -0.374 e. The normalized spacial score (nSPS) is 27.3. The number of unbranched alkanes of at least 4 members (excludes halogenated alkanes) is 1. The smallest absolute Gasteiger partial charge is 0.158 e. The van der Waals surface area contributed by atoms with Crippen LogP contribution in [0, 0.1) is 0 Å². The maximum absolute atomic E-state index is 11.6. The molecule has 0 aromatic heterocycles. The van der Waals surface area contributed by atoms with Crippen LogP contribution >= 0.6 is 0 Å². The largest absolute Gasteiger partial charge is 0.374 e. The second kappa shape index (κ2) is 4.93. The number of Topliss-reactive ketones (excluding diaryl/α,β-unsaturated/α-hetero) is 1. The van der Waals surface area contributed by atoms with Gasteiger partial charge in [0.25, 0.3) is 0 Å². The molecule has 0 spiro atoms. The lowest BCUT2D eigenvalue weighted by atomic mass is 9.76. The van der Waals surface area contributed by atoms with E-state index in [0.717, 1.165) is 30.4 Å². The number of allylic oxidation sites excluding steroid dienone is 1. The van der Waals surface area contributed by atoms with Crippen molar-refractivity contribution in [2.24, 2.45) is 0 Å². The van der Waals surface area contributed by atoms with E-state index in [9.17, 15) is 4.79 Å². The predicted octanol–water partition coefficient (Wildman–Crippen LogP) is 3.26. The van der Waals surface area contributed by atoms with Crippen LogP contribution in [0.5, 0.6) is 0 Å². The van der Waals surface area contributed by atoms with Gasteiger partial charge in [-0.3, -0.25) is 4.79 Å². The van der Waals surface area contributed by atoms with Gasteiger partial charge in [-0.2, -0.15) is 0 Å². The lowest BCUT2D eigenvalue weighted by Gasteiger charge is -2.37. The molecule has 0 radical (unpaired) electrons. The highest BCUT2D eigenvalue weighted by Gasteiger charge is 2.37. The van der Waals surface area contributed by atoms with E-state index in [1.807, 2.05) is 13.8 Å². The van der Waals surface area contributed by atoms with Crippen LogP contribution in [-0.4, -0.2) is 18.5 Å². The van der Waals surface area contributed by atoms with Crippen molar-refractivity contribution in [3.8, 4) is 0 Å². The third kappa shape index (κ3) is 2.31. The van der Waals surface area contributed by atoms with Crippen molar-refractivity contribution in [2.45, 2.75) is 58.5 Å². The Morgan fingerprint density at radius 1 is 1.40 bits per heavy atom. The standard InChI is InChI=1S/C13H22O2/c1-5-6-8-13(15-4)9-7-12(14)10(2)11(13)3/h5-9H2,1-4H3. The van der Waals surface area contributed by atoms with Crippen LogP contribution in [0.4, 0.5) is 0 Å². The molecule has 15 heavy (non-hydrogen) atoms. The van der Waals surface area contributed by atoms with Gasteiger partial charge in [0.05, 0.1) is 5.60 Å². The number of methoxy groups -OCH3 is 1. The third-order valence-electron chi connectivity index (χ3n) is 3.74. The van der Waals surface area contributed by atoms with E-state index >= 15 is 0 Å². The van der Waals surface area contributed by atoms with E-state index in [1.165, 1.54) is 6.42 Å². The first-order chi connectivity index (χ1) is 7.07. The van der Waals surface area contributed by atoms with Gasteiger partial charge in [0, 0.05) is 13.5 Å². The number of rotatable bonds is 4. The predicted molar refractivity (Wildman–Crippen MR) is 61.9 cm³/mol. The average Bonchev–Trinajstić information content (AvgIpc) is 2.26. The van der Waals surface area contributed by atoms with Gasteiger partial charge in [-0.15, -0.1) is 0 Å². The summed E-state index contributed by atoms with van der Waals surface area (Å²) in [6.07, 6.45) is 4.86. The van der Waals surface area contributed by atoms with E-state index in [-0.39, 0.29) is 11.4 Å². The summed E-state index contributed by atoms with van der Waals surface area (Å²) in [5, 5.41) is 0. The fourth-order valence-electron chi connectivity index (χ4n) is 2.37. The Kier molecular flexibility index (Phi) is 4.09. The van der Waals surface area contributed by atoms with Crippen LogP contribution in [0.3, 0.4) is 0 Å². The molecule has 0 aromatic carbocycles. The Labute approximate surface area is 92.7 Å². The number of ether oxygens (including phenoxy) is 1. The van der Waals surface area contributed by atoms with E-state index in [0.29, 0.717) is 6.42 Å². The van der Waals surface area contributed by atoms with Crippen molar-refractivity contribution in [3.05, 3.63) is 11.1 Å². The van der Waals surface area contributed by atoms with Gasteiger partial charge in [-0.1, -0.05) is 19.8 Å². The molecule has 1 rings (SSSR count). The minimum atomic E-state index is -0.159. The molecule has 1 aliphatic rings. The van der Waals surface area contributed by atoms with Gasteiger partial charge in [-0.25, -0.2) is 0 Å². The lowest BCUT2D eigenvalue weighted by molar-refractivity contribution is -0.118. The highest BCUT2D eigenvalue weighted by molar-refractivity contribution is 5.96. The fourth-order valence-corrected chi connectivity index (χ4v) is 2.37. The van der Waals surface area contributed by atoms with Crippen LogP contribution in [0.1, 0.15) is 52.9 Å². The Bertz CT molecular complexity index is 278. The zero-order valence-electron chi connectivity index (χ0n) is 10.4. The van der Waals surface area contributed by atoms with Crippen molar-refractivity contribution in [3.63, 3.8) is 0 Å². The number of carbonyl (C=O) groups excluding carboxylic acids is 1. The van der Waals surface area contributed by atoms with Gasteiger partial charge in [0.1, 0.15) is 0 Å². The van der Waals surface area contributed by atoms with Gasteiger partial charge >= 0.3 is 0 Å². The molecular weight excluding hydrogens is 188 g/mol. The first-order valence-corrected chi connectivity index (χ1v) is 5.83. The van der Waals surface area contributed by atoms with Crippen LogP contribution in [0.2, 0.25) is 0 Å². The molecule has 0 aromatic rings. The summed E-state index contributed by atoms with van der Waals surface area (Å²) in [6, 6.07) is 0. The van der Waals surface area contributed by atoms with Crippen molar-refractivity contribution >= 4 is 5.78 Å². The molecule has 0 N–H and O–H groups in total. The second-order valence-corrected chi connectivity index (χ2v) is 4.48. The van der Waals surface area contributed by atoms with E-state index in [4.69, 9.17) is 4.74 Å². The Hall–Kier alpha value is -0.630. The van der Waals surface area contributed by atoms with Crippen LogP contribution in [0.15, 0.2) is 11.1 Å². The van der Waals surface area contributed by atoms with Crippen molar-refractivity contribution in [1.29, 1.82) is 0 Å². The van der Waals surface area contributed by atoms with Gasteiger partial charge in [-0.05, 0) is 37.8 Å². The molecule has 2 nitrogen and oxygen atoms in total. The van der Waals surface area contributed by atoms with Gasteiger partial charge in [0.15, 0.2) is 5.78 Å². The summed E-state index contributed by atoms with van der Waals surface area (Å²) in [6.45, 7) is 6.16. The molecule has 0 fully saturated rings. The molecule has 1 aliphatic carbocycles. The maximum Gasteiger partial charge on any atom is 0.158 e. The second-order valence-electron chi connectivity index (χ2n) is 4.48. The molecule has 0 bridgehead atoms. The average molecular weight is 210 g/mol. The van der Waals surface area contributed by atoms with Crippen LogP contribution in [0.25, 0.3) is 0 Å². The molecule has 1 atom stereocenters. The molecular formula is C13H22O2. The quantitative estimate of drug-likeness (QED) is 0.712. The van der Waals surface area contributed by atoms with Crippen molar-refractivity contribution < 1.29 is 9.53 Å². The molecule has 2 heteroatoms. The molecule has 0 aliphatic heterocycles. The Balaban J connectivity index is 2.94. The number of ketones is 1. The topological polar surface area (TPSA) is 26.3 Å². The minimum absolute atomic E-state index is 0.159. The monoisotopic (exact) mass is 210 g/mol. The molecule has 0 amide bonds. The first-order valence-electron chi connectivity index (χ1n) is 5.83. The zero-order valence-corrected chi connectivity index (χ0v) is 10.4. The van der Waals surface area contributed by atoms with Crippen LogP contribution in [-0.2, 0) is 9.53 Å². The summed E-state index contributed by atoms with van der Waals surface area (Å²) in [5.74, 6) is 0.289. The van der Waals surface area contributed by atoms with Gasteiger partial charge < -0.3 is 4.74 Å². The number of hydrogen-bond acceptors (Lipinski definition) is 2. The molecule has 0 heterocycles. The summed E-state index contributed by atoms with van der Waals surface area (Å²) < 4.78 is 5.70. The third-order valence-corrected chi connectivity index (χ3v) is 3.74. The van der Waals surface area contributed by atoms with Crippen LogP contribution < -0.4 is 0 Å². The molecule has 1 unspecified atom stereocenters. The summed E-state index contributed by atoms with van der Waals surface area (Å²) >= 11 is 0. The van der Waals surface area contributed by atoms with Crippen molar-refractivity contribution in [2.75, 3.05) is 7.11 Å². The number of hydrogen-bond donors (Lipinski definition) is 0. The highest BCUT2D eigenvalue weighted by atomic mass is 16.5. The van der Waals surface area contributed by atoms with E-state index in [2.05, 4.69) is 6.92 Å². The summed E-state index contributed by atoms with van der Waals surface area (Å²) in [7, 11) is 1.77. The number of carbonyl (C=O) groups is 1. The zero-order chi connectivity index (χ0) is 11.5. The fraction of sp³-hybridized carbons (Fsp3) is 0.769. The Morgan fingerprint density at radius 2 is 2.07 bits per heavy atom. The van der Waals surface area contributed by atoms with E-state index < -0.39 is 0 Å². The molecule has 0 saturated carbocycles.